The Morgan fingerprint density at radius 2 is 1.95 bits per heavy atom. The SMILES string of the molecule is CCN(CC)c1nn(C2CCCCC2)c(N)c1C(=O)OC. The number of methoxy groups -OCH3 is 1. The Kier molecular flexibility index (Phi) is 5.09. The van der Waals surface area contributed by atoms with Crippen LogP contribution in [0.1, 0.15) is 62.4 Å². The van der Waals surface area contributed by atoms with Crippen LogP contribution in [0.2, 0.25) is 0 Å². The summed E-state index contributed by atoms with van der Waals surface area (Å²) in [5.41, 5.74) is 6.64. The highest BCUT2D eigenvalue weighted by Gasteiger charge is 2.29. The lowest BCUT2D eigenvalue weighted by atomic mass is 9.96. The molecule has 118 valence electrons. The van der Waals surface area contributed by atoms with Crippen molar-refractivity contribution in [1.29, 1.82) is 0 Å². The highest BCUT2D eigenvalue weighted by Crippen LogP contribution is 2.34. The van der Waals surface area contributed by atoms with Crippen LogP contribution in [-0.4, -0.2) is 35.9 Å². The van der Waals surface area contributed by atoms with Gasteiger partial charge in [-0.05, 0) is 26.7 Å². The summed E-state index contributed by atoms with van der Waals surface area (Å²) in [5, 5.41) is 4.66. The average molecular weight is 294 g/mol. The maximum atomic E-state index is 12.1. The van der Waals surface area contributed by atoms with Gasteiger partial charge in [-0.3, -0.25) is 0 Å². The van der Waals surface area contributed by atoms with E-state index in [0.29, 0.717) is 23.2 Å². The minimum Gasteiger partial charge on any atom is -0.465 e. The third kappa shape index (κ3) is 2.99. The molecule has 21 heavy (non-hydrogen) atoms. The van der Waals surface area contributed by atoms with Crippen molar-refractivity contribution >= 4 is 17.6 Å². The van der Waals surface area contributed by atoms with E-state index < -0.39 is 5.97 Å². The minimum absolute atomic E-state index is 0.298. The molecule has 1 heterocycles. The predicted molar refractivity (Wildman–Crippen MR) is 83.7 cm³/mol. The third-order valence-electron chi connectivity index (χ3n) is 4.30. The van der Waals surface area contributed by atoms with Crippen LogP contribution in [-0.2, 0) is 4.74 Å². The molecule has 0 bridgehead atoms. The molecule has 0 spiro atoms. The van der Waals surface area contributed by atoms with E-state index in [-0.39, 0.29) is 0 Å². The van der Waals surface area contributed by atoms with Crippen LogP contribution in [0.15, 0.2) is 0 Å². The Bertz CT molecular complexity index is 488. The zero-order chi connectivity index (χ0) is 15.4. The third-order valence-corrected chi connectivity index (χ3v) is 4.30. The maximum absolute atomic E-state index is 12.1. The normalized spacial score (nSPS) is 16.0. The van der Waals surface area contributed by atoms with E-state index in [9.17, 15) is 4.79 Å². The summed E-state index contributed by atoms with van der Waals surface area (Å²) in [7, 11) is 1.38. The molecule has 0 atom stereocenters. The number of nitrogens with zero attached hydrogens (tertiary/aromatic N) is 3. The molecule has 0 saturated heterocycles. The van der Waals surface area contributed by atoms with Gasteiger partial charge in [-0.25, -0.2) is 9.48 Å². The van der Waals surface area contributed by atoms with Crippen LogP contribution in [0.25, 0.3) is 0 Å². The second kappa shape index (κ2) is 6.83. The van der Waals surface area contributed by atoms with Gasteiger partial charge in [-0.2, -0.15) is 5.10 Å². The minimum atomic E-state index is -0.406. The van der Waals surface area contributed by atoms with Crippen molar-refractivity contribution in [2.24, 2.45) is 0 Å². The van der Waals surface area contributed by atoms with Crippen molar-refractivity contribution in [2.75, 3.05) is 30.8 Å². The zero-order valence-corrected chi connectivity index (χ0v) is 13.3. The highest BCUT2D eigenvalue weighted by atomic mass is 16.5. The first-order chi connectivity index (χ1) is 10.1. The molecular weight excluding hydrogens is 268 g/mol. The number of carbonyl (C=O) groups is 1. The summed E-state index contributed by atoms with van der Waals surface area (Å²) in [6.07, 6.45) is 5.80. The fraction of sp³-hybridized carbons (Fsp3) is 0.733. The van der Waals surface area contributed by atoms with E-state index in [1.54, 1.807) is 0 Å². The van der Waals surface area contributed by atoms with E-state index in [4.69, 9.17) is 10.5 Å². The number of aromatic nitrogens is 2. The first-order valence-electron chi connectivity index (χ1n) is 7.85. The van der Waals surface area contributed by atoms with Crippen LogP contribution in [0.4, 0.5) is 11.6 Å². The molecule has 0 aliphatic heterocycles. The molecule has 1 aromatic rings. The molecule has 2 rings (SSSR count). The predicted octanol–water partition coefficient (Wildman–Crippen LogP) is 2.60. The van der Waals surface area contributed by atoms with E-state index in [0.717, 1.165) is 25.9 Å². The van der Waals surface area contributed by atoms with E-state index in [1.807, 2.05) is 23.4 Å². The summed E-state index contributed by atoms with van der Waals surface area (Å²) >= 11 is 0. The van der Waals surface area contributed by atoms with Gasteiger partial charge >= 0.3 is 5.97 Å². The van der Waals surface area contributed by atoms with Gasteiger partial charge in [0.1, 0.15) is 11.4 Å². The zero-order valence-electron chi connectivity index (χ0n) is 13.3. The van der Waals surface area contributed by atoms with Crippen molar-refractivity contribution in [3.05, 3.63) is 5.56 Å². The monoisotopic (exact) mass is 294 g/mol. The summed E-state index contributed by atoms with van der Waals surface area (Å²) in [4.78, 5) is 14.1. The van der Waals surface area contributed by atoms with Gasteiger partial charge in [0, 0.05) is 13.1 Å². The van der Waals surface area contributed by atoms with Gasteiger partial charge in [0.05, 0.1) is 13.2 Å². The van der Waals surface area contributed by atoms with Crippen molar-refractivity contribution < 1.29 is 9.53 Å². The molecule has 0 radical (unpaired) electrons. The van der Waals surface area contributed by atoms with Gasteiger partial charge in [-0.15, -0.1) is 0 Å². The summed E-state index contributed by atoms with van der Waals surface area (Å²) in [5.74, 6) is 0.682. The highest BCUT2D eigenvalue weighted by molar-refractivity contribution is 5.99. The molecule has 1 aliphatic carbocycles. The lowest BCUT2D eigenvalue weighted by Crippen LogP contribution is -2.25. The molecule has 1 saturated carbocycles. The molecule has 6 heteroatoms. The van der Waals surface area contributed by atoms with E-state index >= 15 is 0 Å². The first-order valence-corrected chi connectivity index (χ1v) is 7.85. The van der Waals surface area contributed by atoms with Crippen LogP contribution >= 0.6 is 0 Å². The summed E-state index contributed by atoms with van der Waals surface area (Å²) < 4.78 is 6.74. The number of nitrogens with two attached hydrogens (primary N) is 1. The smallest absolute Gasteiger partial charge is 0.345 e. The van der Waals surface area contributed by atoms with Crippen LogP contribution in [0, 0.1) is 0 Å². The molecular formula is C15H26N4O2. The Labute approximate surface area is 126 Å². The topological polar surface area (TPSA) is 73.4 Å². The number of esters is 1. The molecule has 0 amide bonds. The standard InChI is InChI=1S/C15H26N4O2/c1-4-18(5-2)14-12(15(20)21-3)13(16)19(17-14)11-9-7-6-8-10-11/h11H,4-10,16H2,1-3H3. The van der Waals surface area contributed by atoms with Gasteiger partial charge < -0.3 is 15.4 Å². The van der Waals surface area contributed by atoms with Crippen molar-refractivity contribution in [3.63, 3.8) is 0 Å². The Morgan fingerprint density at radius 1 is 1.33 bits per heavy atom. The van der Waals surface area contributed by atoms with Gasteiger partial charge in [0.2, 0.25) is 0 Å². The van der Waals surface area contributed by atoms with Crippen molar-refractivity contribution in [1.82, 2.24) is 9.78 Å². The molecule has 0 unspecified atom stereocenters. The number of anilines is 2. The second-order valence-electron chi connectivity index (χ2n) is 5.48. The number of hydrogen-bond acceptors (Lipinski definition) is 5. The number of rotatable bonds is 5. The van der Waals surface area contributed by atoms with Crippen molar-refractivity contribution in [3.8, 4) is 0 Å². The maximum Gasteiger partial charge on any atom is 0.345 e. The molecule has 1 aliphatic rings. The van der Waals surface area contributed by atoms with E-state index in [1.165, 1.54) is 26.4 Å². The van der Waals surface area contributed by atoms with Gasteiger partial charge in [0.25, 0.3) is 0 Å². The van der Waals surface area contributed by atoms with Crippen LogP contribution in [0.5, 0.6) is 0 Å². The largest absolute Gasteiger partial charge is 0.465 e. The van der Waals surface area contributed by atoms with Gasteiger partial charge in [-0.1, -0.05) is 19.3 Å². The summed E-state index contributed by atoms with van der Waals surface area (Å²) in [6, 6.07) is 0.298. The lowest BCUT2D eigenvalue weighted by Gasteiger charge is -2.23. The van der Waals surface area contributed by atoms with Crippen LogP contribution in [0.3, 0.4) is 0 Å². The Hall–Kier alpha value is -1.72. The fourth-order valence-corrected chi connectivity index (χ4v) is 3.08. The van der Waals surface area contributed by atoms with E-state index in [2.05, 4.69) is 5.10 Å². The van der Waals surface area contributed by atoms with Gasteiger partial charge in [0.15, 0.2) is 5.82 Å². The lowest BCUT2D eigenvalue weighted by molar-refractivity contribution is 0.0602. The quantitative estimate of drug-likeness (QED) is 0.845. The number of carbonyl (C=O) groups excluding carboxylic acids is 1. The summed E-state index contributed by atoms with van der Waals surface area (Å²) in [6.45, 7) is 5.64. The molecule has 0 aromatic carbocycles. The average Bonchev–Trinajstić information content (AvgIpc) is 2.86. The van der Waals surface area contributed by atoms with Crippen LogP contribution < -0.4 is 10.6 Å². The number of nitrogen functional groups attached to an aromatic ring is 1. The van der Waals surface area contributed by atoms with Crippen molar-refractivity contribution in [2.45, 2.75) is 52.0 Å². The first kappa shape index (κ1) is 15.7. The Morgan fingerprint density at radius 3 is 2.48 bits per heavy atom. The molecule has 2 N–H and O–H groups in total. The number of ether oxygens (including phenoxy) is 1. The fourth-order valence-electron chi connectivity index (χ4n) is 3.08. The second-order valence-corrected chi connectivity index (χ2v) is 5.48. The Balaban J connectivity index is 2.45. The molecule has 6 nitrogen and oxygen atoms in total. The molecule has 1 fully saturated rings. The molecule has 1 aromatic heterocycles. The number of hydrogen-bond donors (Lipinski definition) is 1.